The summed E-state index contributed by atoms with van der Waals surface area (Å²) in [5.74, 6) is 0.125. The minimum absolute atomic E-state index is 0.125. The third-order valence-electron chi connectivity index (χ3n) is 4.98. The quantitative estimate of drug-likeness (QED) is 0.741. The van der Waals surface area contributed by atoms with E-state index in [2.05, 4.69) is 10.3 Å². The molecule has 126 valence electrons. The van der Waals surface area contributed by atoms with Crippen molar-refractivity contribution in [2.24, 2.45) is 0 Å². The summed E-state index contributed by atoms with van der Waals surface area (Å²) in [5.41, 5.74) is 0.370. The maximum absolute atomic E-state index is 12.5. The van der Waals surface area contributed by atoms with Crippen LogP contribution in [0.2, 0.25) is 0 Å². The number of hydrogen-bond acceptors (Lipinski definition) is 5. The van der Waals surface area contributed by atoms with E-state index < -0.39 is 11.3 Å². The Morgan fingerprint density at radius 2 is 1.96 bits per heavy atom. The van der Waals surface area contributed by atoms with E-state index in [1.807, 2.05) is 0 Å². The van der Waals surface area contributed by atoms with Crippen molar-refractivity contribution in [1.29, 1.82) is 0 Å². The van der Waals surface area contributed by atoms with Crippen molar-refractivity contribution in [3.63, 3.8) is 0 Å². The first-order chi connectivity index (χ1) is 11.6. The van der Waals surface area contributed by atoms with Gasteiger partial charge < -0.3 is 15.2 Å². The number of rotatable bonds is 2. The molecule has 0 aliphatic carbocycles. The van der Waals surface area contributed by atoms with Gasteiger partial charge in [0.15, 0.2) is 0 Å². The molecule has 0 atom stereocenters. The molecule has 1 fully saturated rings. The molecule has 0 unspecified atom stereocenters. The van der Waals surface area contributed by atoms with E-state index >= 15 is 0 Å². The average Bonchev–Trinajstić information content (AvgIpc) is 2.93. The molecule has 1 spiro atoms. The van der Waals surface area contributed by atoms with Crippen molar-refractivity contribution in [3.05, 3.63) is 61.9 Å². The third kappa shape index (κ3) is 2.28. The van der Waals surface area contributed by atoms with Gasteiger partial charge in [-0.3, -0.25) is 14.3 Å². The Hall–Kier alpha value is -2.38. The highest BCUT2D eigenvalue weighted by Gasteiger charge is 2.44. The van der Waals surface area contributed by atoms with Crippen molar-refractivity contribution in [3.8, 4) is 5.75 Å². The number of nitrogens with zero attached hydrogens (tertiary/aromatic N) is 1. The first-order valence-electron chi connectivity index (χ1n) is 8.09. The van der Waals surface area contributed by atoms with Gasteiger partial charge in [-0.2, -0.15) is 0 Å². The zero-order chi connectivity index (χ0) is 16.7. The fourth-order valence-electron chi connectivity index (χ4n) is 3.72. The number of phenolic OH excluding ortho intramolecular Hbond substituents is 1. The largest absolute Gasteiger partial charge is 0.508 e. The van der Waals surface area contributed by atoms with Crippen molar-refractivity contribution < 1.29 is 9.84 Å². The lowest BCUT2D eigenvalue weighted by Gasteiger charge is -2.33. The smallest absolute Gasteiger partial charge is 0.328 e. The summed E-state index contributed by atoms with van der Waals surface area (Å²) >= 11 is 0. The minimum atomic E-state index is -0.609. The summed E-state index contributed by atoms with van der Waals surface area (Å²) in [6.07, 6.45) is 1.41. The molecule has 2 aliphatic heterocycles. The van der Waals surface area contributed by atoms with Crippen LogP contribution in [0.3, 0.4) is 0 Å². The molecule has 7 heteroatoms. The van der Waals surface area contributed by atoms with Crippen molar-refractivity contribution in [2.75, 3.05) is 13.1 Å². The lowest BCUT2D eigenvalue weighted by Crippen LogP contribution is -2.44. The van der Waals surface area contributed by atoms with E-state index in [-0.39, 0.29) is 24.5 Å². The van der Waals surface area contributed by atoms with E-state index in [0.717, 1.165) is 13.1 Å². The Bertz CT molecular complexity index is 893. The molecule has 0 saturated carbocycles. The normalized spacial score (nSPS) is 18.7. The number of piperidine rings is 1. The van der Waals surface area contributed by atoms with Crippen LogP contribution in [0, 0.1) is 0 Å². The van der Waals surface area contributed by atoms with Crippen LogP contribution in [0.5, 0.6) is 5.75 Å². The number of phenols is 1. The highest BCUT2D eigenvalue weighted by atomic mass is 16.5. The molecular weight excluding hydrogens is 310 g/mol. The second-order valence-electron chi connectivity index (χ2n) is 6.33. The third-order valence-corrected chi connectivity index (χ3v) is 4.98. The van der Waals surface area contributed by atoms with E-state index in [4.69, 9.17) is 4.74 Å². The number of aromatic amines is 1. The Labute approximate surface area is 137 Å². The van der Waals surface area contributed by atoms with Crippen molar-refractivity contribution in [2.45, 2.75) is 31.6 Å². The predicted octanol–water partition coefficient (Wildman–Crippen LogP) is 0.399. The molecule has 1 saturated heterocycles. The monoisotopic (exact) mass is 329 g/mol. The number of benzene rings is 1. The maximum atomic E-state index is 12.5. The predicted molar refractivity (Wildman–Crippen MR) is 87.1 cm³/mol. The fourth-order valence-corrected chi connectivity index (χ4v) is 3.72. The fraction of sp³-hybridized carbons (Fsp3) is 0.412. The van der Waals surface area contributed by atoms with Gasteiger partial charge in [-0.1, -0.05) is 18.2 Å². The highest BCUT2D eigenvalue weighted by Crippen LogP contribution is 2.40. The SMILES string of the molecule is O=c1[nH]c(=O)n(Cc2ccccc2O)c2c1C1(CCNCC1)OC2. The molecular formula is C17H19N3O4. The Morgan fingerprint density at radius 3 is 2.71 bits per heavy atom. The molecule has 1 aromatic carbocycles. The number of nitrogens with one attached hydrogen (secondary N) is 2. The molecule has 3 heterocycles. The molecule has 3 N–H and O–H groups in total. The van der Waals surface area contributed by atoms with Crippen LogP contribution in [0.15, 0.2) is 33.9 Å². The number of aromatic hydroxyl groups is 1. The standard InChI is InChI=1S/C17H19N3O4/c21-13-4-2-1-3-11(13)9-20-12-10-24-17(5-7-18-8-6-17)14(12)15(22)19-16(20)23/h1-4,18,21H,5-10H2,(H,19,22,23). The molecule has 7 nitrogen and oxygen atoms in total. The van der Waals surface area contributed by atoms with Crippen LogP contribution in [-0.2, 0) is 23.5 Å². The molecule has 4 rings (SSSR count). The van der Waals surface area contributed by atoms with Crippen LogP contribution < -0.4 is 16.6 Å². The van der Waals surface area contributed by atoms with Gasteiger partial charge >= 0.3 is 5.69 Å². The van der Waals surface area contributed by atoms with Gasteiger partial charge in [0, 0.05) is 5.56 Å². The lowest BCUT2D eigenvalue weighted by atomic mass is 9.86. The van der Waals surface area contributed by atoms with Crippen LogP contribution in [0.4, 0.5) is 0 Å². The van der Waals surface area contributed by atoms with Crippen LogP contribution in [-0.4, -0.2) is 27.7 Å². The van der Waals surface area contributed by atoms with E-state index in [1.165, 1.54) is 4.57 Å². The van der Waals surface area contributed by atoms with Gasteiger partial charge in [0.1, 0.15) is 11.4 Å². The van der Waals surface area contributed by atoms with Gasteiger partial charge in [-0.15, -0.1) is 0 Å². The topological polar surface area (TPSA) is 96.4 Å². The molecule has 2 aliphatic rings. The zero-order valence-electron chi connectivity index (χ0n) is 13.2. The highest BCUT2D eigenvalue weighted by molar-refractivity contribution is 5.34. The molecule has 2 aromatic rings. The number of fused-ring (bicyclic) bond motifs is 2. The van der Waals surface area contributed by atoms with Gasteiger partial charge in [0.05, 0.1) is 24.4 Å². The summed E-state index contributed by atoms with van der Waals surface area (Å²) in [4.78, 5) is 27.2. The van der Waals surface area contributed by atoms with E-state index in [1.54, 1.807) is 24.3 Å². The number of para-hydroxylation sites is 1. The summed E-state index contributed by atoms with van der Waals surface area (Å²) < 4.78 is 7.52. The van der Waals surface area contributed by atoms with Gasteiger partial charge in [0.2, 0.25) is 0 Å². The second-order valence-corrected chi connectivity index (χ2v) is 6.33. The maximum Gasteiger partial charge on any atom is 0.328 e. The molecule has 24 heavy (non-hydrogen) atoms. The first kappa shape index (κ1) is 15.2. The molecule has 1 aromatic heterocycles. The molecule has 0 amide bonds. The zero-order valence-corrected chi connectivity index (χ0v) is 13.2. The summed E-state index contributed by atoms with van der Waals surface area (Å²) in [5, 5.41) is 13.2. The molecule has 0 radical (unpaired) electrons. The number of aromatic nitrogens is 2. The molecule has 0 bridgehead atoms. The van der Waals surface area contributed by atoms with Gasteiger partial charge in [0.25, 0.3) is 5.56 Å². The van der Waals surface area contributed by atoms with E-state index in [9.17, 15) is 14.7 Å². The van der Waals surface area contributed by atoms with Crippen molar-refractivity contribution >= 4 is 0 Å². The van der Waals surface area contributed by atoms with E-state index in [0.29, 0.717) is 29.7 Å². The first-order valence-corrected chi connectivity index (χ1v) is 8.09. The van der Waals surface area contributed by atoms with Crippen molar-refractivity contribution in [1.82, 2.24) is 14.9 Å². The van der Waals surface area contributed by atoms with Gasteiger partial charge in [-0.25, -0.2) is 4.79 Å². The minimum Gasteiger partial charge on any atom is -0.508 e. The summed E-state index contributed by atoms with van der Waals surface area (Å²) in [6.45, 7) is 1.99. The Balaban J connectivity index is 1.84. The Morgan fingerprint density at radius 1 is 1.21 bits per heavy atom. The van der Waals surface area contributed by atoms with Crippen LogP contribution >= 0.6 is 0 Å². The van der Waals surface area contributed by atoms with Crippen LogP contribution in [0.1, 0.15) is 29.7 Å². The second kappa shape index (κ2) is 5.61. The summed E-state index contributed by atoms with van der Waals surface area (Å²) in [7, 11) is 0. The van der Waals surface area contributed by atoms with Gasteiger partial charge in [-0.05, 0) is 32.0 Å². The summed E-state index contributed by atoms with van der Waals surface area (Å²) in [6, 6.07) is 6.87. The lowest BCUT2D eigenvalue weighted by molar-refractivity contribution is -0.0602. The number of ether oxygens (including phenoxy) is 1. The Kier molecular flexibility index (Phi) is 3.54. The van der Waals surface area contributed by atoms with Crippen LogP contribution in [0.25, 0.3) is 0 Å². The number of H-pyrrole nitrogens is 1. The number of hydrogen-bond donors (Lipinski definition) is 3. The average molecular weight is 329 g/mol.